The quantitative estimate of drug-likeness (QED) is 0.859. The van der Waals surface area contributed by atoms with Gasteiger partial charge in [0.2, 0.25) is 0 Å². The lowest BCUT2D eigenvalue weighted by Crippen LogP contribution is -2.45. The lowest BCUT2D eigenvalue weighted by Gasteiger charge is -2.23. The number of carbonyl (C=O) groups is 1. The third-order valence-electron chi connectivity index (χ3n) is 4.31. The maximum absolute atomic E-state index is 12.5. The van der Waals surface area contributed by atoms with E-state index in [1.54, 1.807) is 24.3 Å². The number of sulfone groups is 1. The first-order valence-electron chi connectivity index (χ1n) is 8.43. The van der Waals surface area contributed by atoms with Crippen LogP contribution in [0.3, 0.4) is 0 Å². The molecule has 1 aliphatic heterocycles. The summed E-state index contributed by atoms with van der Waals surface area (Å²) in [6, 6.07) is 15.4. The van der Waals surface area contributed by atoms with Crippen LogP contribution in [-0.2, 0) is 15.6 Å². The Morgan fingerprint density at radius 1 is 1.08 bits per heavy atom. The number of piperidine rings is 1. The molecule has 0 bridgehead atoms. The van der Waals surface area contributed by atoms with Crippen molar-refractivity contribution in [1.82, 2.24) is 10.6 Å². The van der Waals surface area contributed by atoms with Crippen molar-refractivity contribution in [3.05, 3.63) is 65.7 Å². The number of hydrogen-bond donors (Lipinski definition) is 2. The SMILES string of the molecule is O=C(NC1CCCNC1)c1ccc(S(=O)(=O)Cc2ccccc2)cc1. The van der Waals surface area contributed by atoms with Gasteiger partial charge in [0.1, 0.15) is 0 Å². The largest absolute Gasteiger partial charge is 0.348 e. The first-order chi connectivity index (χ1) is 12.0. The normalized spacial score (nSPS) is 17.8. The van der Waals surface area contributed by atoms with E-state index in [0.29, 0.717) is 5.56 Å². The van der Waals surface area contributed by atoms with Crippen LogP contribution in [0.15, 0.2) is 59.5 Å². The Labute approximate surface area is 148 Å². The van der Waals surface area contributed by atoms with E-state index >= 15 is 0 Å². The van der Waals surface area contributed by atoms with Crippen LogP contribution in [0.25, 0.3) is 0 Å². The Bertz CT molecular complexity index is 812. The van der Waals surface area contributed by atoms with Crippen LogP contribution in [0.4, 0.5) is 0 Å². The van der Waals surface area contributed by atoms with Gasteiger partial charge >= 0.3 is 0 Å². The van der Waals surface area contributed by atoms with Crippen molar-refractivity contribution in [3.8, 4) is 0 Å². The zero-order chi connectivity index (χ0) is 17.7. The van der Waals surface area contributed by atoms with Gasteiger partial charge in [-0.2, -0.15) is 0 Å². The molecule has 1 heterocycles. The van der Waals surface area contributed by atoms with Crippen LogP contribution < -0.4 is 10.6 Å². The average Bonchev–Trinajstić information content (AvgIpc) is 2.63. The fourth-order valence-corrected chi connectivity index (χ4v) is 4.28. The van der Waals surface area contributed by atoms with Gasteiger partial charge in [0.25, 0.3) is 5.91 Å². The molecule has 2 N–H and O–H groups in total. The molecule has 0 aromatic heterocycles. The minimum absolute atomic E-state index is 0.0485. The Morgan fingerprint density at radius 3 is 2.44 bits per heavy atom. The van der Waals surface area contributed by atoms with Gasteiger partial charge in [0.15, 0.2) is 9.84 Å². The first kappa shape index (κ1) is 17.6. The zero-order valence-corrected chi connectivity index (χ0v) is 14.8. The Balaban J connectivity index is 1.67. The first-order valence-corrected chi connectivity index (χ1v) is 10.1. The molecule has 0 saturated carbocycles. The molecule has 3 rings (SSSR count). The molecule has 1 aliphatic rings. The minimum atomic E-state index is -3.42. The summed E-state index contributed by atoms with van der Waals surface area (Å²) in [6.07, 6.45) is 2.00. The summed E-state index contributed by atoms with van der Waals surface area (Å²) in [7, 11) is -3.42. The van der Waals surface area contributed by atoms with Crippen molar-refractivity contribution in [1.29, 1.82) is 0 Å². The van der Waals surface area contributed by atoms with Crippen molar-refractivity contribution in [2.75, 3.05) is 13.1 Å². The summed E-state index contributed by atoms with van der Waals surface area (Å²) in [4.78, 5) is 12.5. The number of nitrogens with one attached hydrogen (secondary N) is 2. The van der Waals surface area contributed by atoms with E-state index in [9.17, 15) is 13.2 Å². The second kappa shape index (κ2) is 7.80. The maximum Gasteiger partial charge on any atom is 0.251 e. The molecule has 132 valence electrons. The molecule has 2 aromatic carbocycles. The van der Waals surface area contributed by atoms with Crippen LogP contribution in [0.2, 0.25) is 0 Å². The van der Waals surface area contributed by atoms with Gasteiger partial charge in [-0.05, 0) is 49.2 Å². The Kier molecular flexibility index (Phi) is 5.50. The molecule has 1 fully saturated rings. The van der Waals surface area contributed by atoms with Crippen LogP contribution >= 0.6 is 0 Å². The van der Waals surface area contributed by atoms with E-state index in [4.69, 9.17) is 0 Å². The molecular weight excluding hydrogens is 336 g/mol. The standard InChI is InChI=1S/C19H22N2O3S/c22-19(21-17-7-4-12-20-13-17)16-8-10-18(11-9-16)25(23,24)14-15-5-2-1-3-6-15/h1-3,5-6,8-11,17,20H,4,7,12-14H2,(H,21,22). The van der Waals surface area contributed by atoms with E-state index in [0.717, 1.165) is 31.5 Å². The topological polar surface area (TPSA) is 75.3 Å². The van der Waals surface area contributed by atoms with Crippen LogP contribution in [0, 0.1) is 0 Å². The lowest BCUT2D eigenvalue weighted by molar-refractivity contribution is 0.0930. The number of rotatable bonds is 5. The number of amides is 1. The number of benzene rings is 2. The van der Waals surface area contributed by atoms with Crippen molar-refractivity contribution in [2.24, 2.45) is 0 Å². The molecule has 0 radical (unpaired) electrons. The molecular formula is C19H22N2O3S. The predicted molar refractivity (Wildman–Crippen MR) is 97.1 cm³/mol. The predicted octanol–water partition coefficient (Wildman–Crippen LogP) is 2.14. The third kappa shape index (κ3) is 4.67. The van der Waals surface area contributed by atoms with E-state index in [1.807, 2.05) is 18.2 Å². The fourth-order valence-electron chi connectivity index (χ4n) is 2.93. The van der Waals surface area contributed by atoms with E-state index < -0.39 is 9.84 Å². The molecule has 1 amide bonds. The fraction of sp³-hybridized carbons (Fsp3) is 0.316. The van der Waals surface area contributed by atoms with Gasteiger partial charge < -0.3 is 10.6 Å². The highest BCUT2D eigenvalue weighted by Crippen LogP contribution is 2.17. The lowest BCUT2D eigenvalue weighted by atomic mass is 10.1. The van der Waals surface area contributed by atoms with Crippen molar-refractivity contribution >= 4 is 15.7 Å². The number of hydrogen-bond acceptors (Lipinski definition) is 4. The molecule has 0 spiro atoms. The van der Waals surface area contributed by atoms with Gasteiger partial charge in [-0.1, -0.05) is 30.3 Å². The summed E-state index contributed by atoms with van der Waals surface area (Å²) in [5.74, 6) is -0.214. The summed E-state index contributed by atoms with van der Waals surface area (Å²) in [6.45, 7) is 1.76. The van der Waals surface area contributed by atoms with Crippen LogP contribution in [0.5, 0.6) is 0 Å². The molecule has 1 saturated heterocycles. The van der Waals surface area contributed by atoms with E-state index in [1.165, 1.54) is 12.1 Å². The van der Waals surface area contributed by atoms with Gasteiger partial charge in [-0.3, -0.25) is 4.79 Å². The highest BCUT2D eigenvalue weighted by molar-refractivity contribution is 7.90. The summed E-state index contributed by atoms with van der Waals surface area (Å²) in [5, 5.41) is 6.23. The minimum Gasteiger partial charge on any atom is -0.348 e. The van der Waals surface area contributed by atoms with Crippen molar-refractivity contribution < 1.29 is 13.2 Å². The molecule has 1 atom stereocenters. The van der Waals surface area contributed by atoms with Crippen LogP contribution in [-0.4, -0.2) is 33.5 Å². The summed E-state index contributed by atoms with van der Waals surface area (Å²) < 4.78 is 25.0. The van der Waals surface area contributed by atoms with E-state index in [-0.39, 0.29) is 22.6 Å². The highest BCUT2D eigenvalue weighted by Gasteiger charge is 2.18. The second-order valence-corrected chi connectivity index (χ2v) is 8.28. The molecule has 1 unspecified atom stereocenters. The molecule has 0 aliphatic carbocycles. The number of carbonyl (C=O) groups excluding carboxylic acids is 1. The molecule has 2 aromatic rings. The smallest absolute Gasteiger partial charge is 0.251 e. The van der Waals surface area contributed by atoms with Crippen molar-refractivity contribution in [3.63, 3.8) is 0 Å². The average molecular weight is 358 g/mol. The molecule has 6 heteroatoms. The molecule has 5 nitrogen and oxygen atoms in total. The third-order valence-corrected chi connectivity index (χ3v) is 6.01. The molecule has 25 heavy (non-hydrogen) atoms. The zero-order valence-electron chi connectivity index (χ0n) is 13.9. The summed E-state index contributed by atoms with van der Waals surface area (Å²) >= 11 is 0. The monoisotopic (exact) mass is 358 g/mol. The van der Waals surface area contributed by atoms with E-state index in [2.05, 4.69) is 10.6 Å². The second-order valence-electron chi connectivity index (χ2n) is 6.29. The van der Waals surface area contributed by atoms with Crippen molar-refractivity contribution in [2.45, 2.75) is 29.5 Å². The van der Waals surface area contributed by atoms with Gasteiger partial charge in [-0.15, -0.1) is 0 Å². The Hall–Kier alpha value is -2.18. The van der Waals surface area contributed by atoms with Crippen LogP contribution in [0.1, 0.15) is 28.8 Å². The van der Waals surface area contributed by atoms with Gasteiger partial charge in [-0.25, -0.2) is 8.42 Å². The van der Waals surface area contributed by atoms with Gasteiger partial charge in [0, 0.05) is 18.2 Å². The highest BCUT2D eigenvalue weighted by atomic mass is 32.2. The summed E-state index contributed by atoms with van der Waals surface area (Å²) in [5.41, 5.74) is 1.22. The Morgan fingerprint density at radius 2 is 1.80 bits per heavy atom. The van der Waals surface area contributed by atoms with Gasteiger partial charge in [0.05, 0.1) is 10.6 Å². The maximum atomic E-state index is 12.5.